The van der Waals surface area contributed by atoms with Gasteiger partial charge in [-0.25, -0.2) is 4.68 Å². The first-order valence-electron chi connectivity index (χ1n) is 8.11. The molecule has 6 heteroatoms. The lowest BCUT2D eigenvalue weighted by atomic mass is 10.1. The summed E-state index contributed by atoms with van der Waals surface area (Å²) in [7, 11) is 1.80. The zero-order chi connectivity index (χ0) is 16.5. The third-order valence-electron chi connectivity index (χ3n) is 4.33. The molecule has 0 unspecified atom stereocenters. The van der Waals surface area contributed by atoms with Crippen molar-refractivity contribution in [2.24, 2.45) is 0 Å². The summed E-state index contributed by atoms with van der Waals surface area (Å²) in [5, 5.41) is 11.5. The molecule has 3 aromatic rings. The number of hydrogen-bond acceptors (Lipinski definition) is 3. The molecule has 0 atom stereocenters. The second-order valence-corrected chi connectivity index (χ2v) is 6.22. The van der Waals surface area contributed by atoms with Crippen LogP contribution >= 0.6 is 0 Å². The maximum atomic E-state index is 12.6. The van der Waals surface area contributed by atoms with Gasteiger partial charge in [-0.2, -0.15) is 10.2 Å². The van der Waals surface area contributed by atoms with Crippen molar-refractivity contribution in [1.82, 2.24) is 24.9 Å². The lowest BCUT2D eigenvalue weighted by molar-refractivity contribution is 0.0779. The molecule has 2 aromatic heterocycles. The van der Waals surface area contributed by atoms with Gasteiger partial charge in [-0.1, -0.05) is 18.2 Å². The highest BCUT2D eigenvalue weighted by Crippen LogP contribution is 2.39. The molecule has 4 rings (SSSR count). The first-order valence-corrected chi connectivity index (χ1v) is 8.11. The third-order valence-corrected chi connectivity index (χ3v) is 4.33. The van der Waals surface area contributed by atoms with Gasteiger partial charge in [0.25, 0.3) is 5.91 Å². The Hall–Kier alpha value is -2.89. The molecule has 2 heterocycles. The van der Waals surface area contributed by atoms with Crippen LogP contribution in [-0.4, -0.2) is 37.8 Å². The van der Waals surface area contributed by atoms with Crippen LogP contribution in [0.3, 0.4) is 0 Å². The Bertz CT molecular complexity index is 848. The average Bonchev–Trinajstić information content (AvgIpc) is 3.12. The Morgan fingerprint density at radius 1 is 1.33 bits per heavy atom. The topological polar surface area (TPSA) is 66.8 Å². The minimum atomic E-state index is -0.0755. The second-order valence-electron chi connectivity index (χ2n) is 6.22. The van der Waals surface area contributed by atoms with Gasteiger partial charge in [0, 0.05) is 37.6 Å². The number of aromatic nitrogens is 4. The van der Waals surface area contributed by atoms with Gasteiger partial charge in [0.15, 0.2) is 0 Å². The number of amides is 1. The molecule has 1 aliphatic rings. The minimum absolute atomic E-state index is 0.0755. The van der Waals surface area contributed by atoms with Crippen molar-refractivity contribution in [3.05, 3.63) is 65.7 Å². The van der Waals surface area contributed by atoms with Crippen molar-refractivity contribution in [3.63, 3.8) is 0 Å². The second kappa shape index (κ2) is 5.96. The molecule has 1 saturated carbocycles. The Kier molecular flexibility index (Phi) is 3.65. The van der Waals surface area contributed by atoms with Gasteiger partial charge in [-0.05, 0) is 36.6 Å². The van der Waals surface area contributed by atoms with Gasteiger partial charge in [-0.3, -0.25) is 9.89 Å². The summed E-state index contributed by atoms with van der Waals surface area (Å²) in [4.78, 5) is 14.3. The van der Waals surface area contributed by atoms with Crippen molar-refractivity contribution >= 4 is 5.91 Å². The summed E-state index contributed by atoms with van der Waals surface area (Å²) in [6, 6.07) is 11.7. The molecule has 1 amide bonds. The highest BCUT2D eigenvalue weighted by Gasteiger charge is 2.27. The van der Waals surface area contributed by atoms with Crippen molar-refractivity contribution in [2.45, 2.75) is 25.3 Å². The Morgan fingerprint density at radius 2 is 2.17 bits per heavy atom. The number of H-pyrrole nitrogens is 1. The predicted molar refractivity (Wildman–Crippen MR) is 89.9 cm³/mol. The van der Waals surface area contributed by atoms with Crippen LogP contribution in [0.4, 0.5) is 0 Å². The van der Waals surface area contributed by atoms with E-state index in [0.29, 0.717) is 18.2 Å². The molecule has 6 nitrogen and oxygen atoms in total. The van der Waals surface area contributed by atoms with Crippen molar-refractivity contribution < 1.29 is 4.79 Å². The van der Waals surface area contributed by atoms with Gasteiger partial charge in [0.2, 0.25) is 0 Å². The van der Waals surface area contributed by atoms with Crippen LogP contribution in [0.2, 0.25) is 0 Å². The van der Waals surface area contributed by atoms with Gasteiger partial charge in [0.05, 0.1) is 5.69 Å². The fourth-order valence-corrected chi connectivity index (χ4v) is 2.85. The number of rotatable bonds is 5. The maximum absolute atomic E-state index is 12.6. The lowest BCUT2D eigenvalue weighted by Crippen LogP contribution is -2.27. The molecule has 0 saturated heterocycles. The molecule has 1 aromatic carbocycles. The minimum Gasteiger partial charge on any atom is -0.336 e. The first kappa shape index (κ1) is 14.7. The molecular weight excluding hydrogens is 302 g/mol. The summed E-state index contributed by atoms with van der Waals surface area (Å²) >= 11 is 0. The Labute approximate surface area is 140 Å². The zero-order valence-electron chi connectivity index (χ0n) is 13.5. The van der Waals surface area contributed by atoms with E-state index < -0.39 is 0 Å². The van der Waals surface area contributed by atoms with E-state index in [1.54, 1.807) is 18.1 Å². The quantitative estimate of drug-likeness (QED) is 0.786. The van der Waals surface area contributed by atoms with Crippen LogP contribution in [0.15, 0.2) is 48.8 Å². The van der Waals surface area contributed by atoms with Crippen LogP contribution in [0.1, 0.15) is 40.5 Å². The lowest BCUT2D eigenvalue weighted by Gasteiger charge is -2.18. The number of nitrogens with one attached hydrogen (secondary N) is 1. The van der Waals surface area contributed by atoms with E-state index in [4.69, 9.17) is 0 Å². The number of carbonyl (C=O) groups is 1. The summed E-state index contributed by atoms with van der Waals surface area (Å²) in [5.41, 5.74) is 3.57. The Balaban J connectivity index is 1.53. The molecule has 1 fully saturated rings. The molecular formula is C18H19N5O. The van der Waals surface area contributed by atoms with E-state index in [1.807, 2.05) is 47.3 Å². The molecule has 1 aliphatic carbocycles. The van der Waals surface area contributed by atoms with Crippen LogP contribution < -0.4 is 0 Å². The van der Waals surface area contributed by atoms with Gasteiger partial charge >= 0.3 is 0 Å². The number of hydrogen-bond donors (Lipinski definition) is 1. The highest BCUT2D eigenvalue weighted by molar-refractivity contribution is 5.92. The van der Waals surface area contributed by atoms with Crippen LogP contribution in [0.25, 0.3) is 5.69 Å². The largest absolute Gasteiger partial charge is 0.336 e. The Morgan fingerprint density at radius 3 is 2.92 bits per heavy atom. The fourth-order valence-electron chi connectivity index (χ4n) is 2.85. The molecule has 0 aliphatic heterocycles. The van der Waals surface area contributed by atoms with Gasteiger partial charge in [-0.15, -0.1) is 0 Å². The predicted octanol–water partition coefficient (Wildman–Crippen LogP) is 2.75. The van der Waals surface area contributed by atoms with Crippen LogP contribution in [0.5, 0.6) is 0 Å². The molecule has 122 valence electrons. The fraction of sp³-hybridized carbons (Fsp3) is 0.278. The van der Waals surface area contributed by atoms with Crippen molar-refractivity contribution in [3.8, 4) is 5.69 Å². The molecule has 24 heavy (non-hydrogen) atoms. The average molecular weight is 321 g/mol. The van der Waals surface area contributed by atoms with E-state index in [9.17, 15) is 4.79 Å². The van der Waals surface area contributed by atoms with Crippen molar-refractivity contribution in [1.29, 1.82) is 0 Å². The van der Waals surface area contributed by atoms with Gasteiger partial charge in [0.1, 0.15) is 5.69 Å². The third kappa shape index (κ3) is 2.82. The maximum Gasteiger partial charge on any atom is 0.274 e. The number of aromatic amines is 1. The summed E-state index contributed by atoms with van der Waals surface area (Å²) < 4.78 is 1.81. The summed E-state index contributed by atoms with van der Waals surface area (Å²) in [5.74, 6) is 0.485. The first-order chi connectivity index (χ1) is 11.7. The zero-order valence-corrected chi connectivity index (χ0v) is 13.5. The van der Waals surface area contributed by atoms with Crippen molar-refractivity contribution in [2.75, 3.05) is 7.05 Å². The number of nitrogens with zero attached hydrogens (tertiary/aromatic N) is 4. The molecule has 0 bridgehead atoms. The molecule has 0 spiro atoms. The van der Waals surface area contributed by atoms with Gasteiger partial charge < -0.3 is 4.90 Å². The number of carbonyl (C=O) groups excluding carboxylic acids is 1. The smallest absolute Gasteiger partial charge is 0.274 e. The standard InChI is InChI=1S/C18H19N5O/c1-22(18(24)16-11-15(20-21-16)13-7-8-13)12-14-5-2-3-6-17(14)23-10-4-9-19-23/h2-6,9-11,13H,7-8,12H2,1H3,(H,20,21). The number of para-hydroxylation sites is 1. The highest BCUT2D eigenvalue weighted by atomic mass is 16.2. The van der Waals surface area contributed by atoms with E-state index in [1.165, 1.54) is 12.8 Å². The van der Waals surface area contributed by atoms with E-state index >= 15 is 0 Å². The van der Waals surface area contributed by atoms with Crippen LogP contribution in [0, 0.1) is 0 Å². The van der Waals surface area contributed by atoms with E-state index in [2.05, 4.69) is 15.3 Å². The summed E-state index contributed by atoms with van der Waals surface area (Å²) in [6.07, 6.45) is 6.01. The monoisotopic (exact) mass is 321 g/mol. The van der Waals surface area contributed by atoms with Crippen LogP contribution in [-0.2, 0) is 6.54 Å². The normalized spacial score (nSPS) is 13.9. The van der Waals surface area contributed by atoms with E-state index in [0.717, 1.165) is 16.9 Å². The van der Waals surface area contributed by atoms with E-state index in [-0.39, 0.29) is 5.91 Å². The molecule has 0 radical (unpaired) electrons. The SMILES string of the molecule is CN(Cc1ccccc1-n1cccn1)C(=O)c1cc(C2CC2)[nH]n1. The summed E-state index contributed by atoms with van der Waals surface area (Å²) in [6.45, 7) is 0.500. The number of benzene rings is 1. The molecule has 1 N–H and O–H groups in total.